The first-order valence-electron chi connectivity index (χ1n) is 5.39. The summed E-state index contributed by atoms with van der Waals surface area (Å²) in [6, 6.07) is 0. The van der Waals surface area contributed by atoms with Gasteiger partial charge in [-0.05, 0) is 6.42 Å². The number of carbonyl (C=O) groups is 1. The molecule has 0 rings (SSSR count). The van der Waals surface area contributed by atoms with E-state index in [2.05, 4.69) is 11.7 Å². The Labute approximate surface area is 96.5 Å². The Morgan fingerprint density at radius 3 is 2.40 bits per heavy atom. The highest BCUT2D eigenvalue weighted by molar-refractivity contribution is 6.19. The summed E-state index contributed by atoms with van der Waals surface area (Å²) in [5.74, 6) is 0. The van der Waals surface area contributed by atoms with Crippen molar-refractivity contribution in [3.63, 3.8) is 0 Å². The van der Waals surface area contributed by atoms with Gasteiger partial charge in [0.2, 0.25) is 0 Å². The summed E-state index contributed by atoms with van der Waals surface area (Å²) in [7, 11) is 1.26. The van der Waals surface area contributed by atoms with Crippen LogP contribution in [0.1, 0.15) is 45.4 Å². The van der Waals surface area contributed by atoms with E-state index < -0.39 is 6.09 Å². The number of hydroxylamine groups is 1. The van der Waals surface area contributed by atoms with Crippen molar-refractivity contribution in [3.8, 4) is 0 Å². The fourth-order valence-electron chi connectivity index (χ4n) is 1.15. The van der Waals surface area contributed by atoms with Crippen LogP contribution in [0, 0.1) is 0 Å². The maximum absolute atomic E-state index is 10.8. The molecule has 0 atom stereocenters. The quantitative estimate of drug-likeness (QED) is 0.368. The number of halogens is 1. The molecule has 0 unspecified atom stereocenters. The van der Waals surface area contributed by atoms with E-state index in [0.717, 1.165) is 12.8 Å². The molecule has 0 saturated heterocycles. The van der Waals surface area contributed by atoms with E-state index in [9.17, 15) is 4.79 Å². The molecule has 0 bridgehead atoms. The van der Waals surface area contributed by atoms with Crippen LogP contribution in [0.15, 0.2) is 0 Å². The number of hydrogen-bond acceptors (Lipinski definition) is 3. The van der Waals surface area contributed by atoms with E-state index in [0.29, 0.717) is 11.2 Å². The van der Waals surface area contributed by atoms with E-state index >= 15 is 0 Å². The minimum Gasteiger partial charge on any atom is -0.450 e. The van der Waals surface area contributed by atoms with Crippen molar-refractivity contribution in [2.24, 2.45) is 0 Å². The number of methoxy groups -OCH3 is 1. The van der Waals surface area contributed by atoms with Crippen LogP contribution in [-0.2, 0) is 9.57 Å². The van der Waals surface area contributed by atoms with E-state index in [1.54, 1.807) is 0 Å². The molecule has 0 aliphatic heterocycles. The van der Waals surface area contributed by atoms with Gasteiger partial charge in [0.1, 0.15) is 0 Å². The minimum absolute atomic E-state index is 0.449. The summed E-state index contributed by atoms with van der Waals surface area (Å²) >= 11 is 5.43. The number of ether oxygens (including phenoxy) is 1. The molecular formula is C10H20ClNO3. The summed E-state index contributed by atoms with van der Waals surface area (Å²) in [6.45, 7) is 2.63. The van der Waals surface area contributed by atoms with Gasteiger partial charge in [0.05, 0.1) is 13.7 Å². The second-order valence-electron chi connectivity index (χ2n) is 3.32. The third-order valence-electron chi connectivity index (χ3n) is 2.02. The Balaban J connectivity index is 3.20. The summed E-state index contributed by atoms with van der Waals surface area (Å²) in [6.07, 6.45) is 6.31. The molecule has 0 aromatic rings. The Morgan fingerprint density at radius 2 is 1.80 bits per heavy atom. The normalized spacial score (nSPS) is 10.1. The first kappa shape index (κ1) is 14.5. The van der Waals surface area contributed by atoms with Gasteiger partial charge in [-0.1, -0.05) is 43.6 Å². The molecule has 5 heteroatoms. The Hall–Kier alpha value is -0.480. The second kappa shape index (κ2) is 10.1. The van der Waals surface area contributed by atoms with Crippen LogP contribution in [0.4, 0.5) is 4.79 Å². The van der Waals surface area contributed by atoms with Crippen molar-refractivity contribution in [3.05, 3.63) is 0 Å². The fourth-order valence-corrected chi connectivity index (χ4v) is 1.29. The summed E-state index contributed by atoms with van der Waals surface area (Å²) in [4.78, 5) is 15.7. The van der Waals surface area contributed by atoms with Gasteiger partial charge in [0.25, 0.3) is 0 Å². The van der Waals surface area contributed by atoms with E-state index in [-0.39, 0.29) is 0 Å². The molecule has 0 aliphatic carbocycles. The van der Waals surface area contributed by atoms with Gasteiger partial charge in [-0.2, -0.15) is 0 Å². The highest BCUT2D eigenvalue weighted by Gasteiger charge is 2.10. The van der Waals surface area contributed by atoms with Gasteiger partial charge in [-0.25, -0.2) is 4.79 Å². The zero-order valence-corrected chi connectivity index (χ0v) is 10.3. The lowest BCUT2D eigenvalue weighted by Crippen LogP contribution is -2.22. The third-order valence-corrected chi connectivity index (χ3v) is 2.26. The number of hydrogen-bond donors (Lipinski definition) is 0. The highest BCUT2D eigenvalue weighted by atomic mass is 35.5. The van der Waals surface area contributed by atoms with Crippen LogP contribution in [0.5, 0.6) is 0 Å². The van der Waals surface area contributed by atoms with Crippen LogP contribution in [0.3, 0.4) is 0 Å². The number of carbonyl (C=O) groups excluding carboxylic acids is 1. The SMILES string of the molecule is CCCCCCCCON(Cl)C(=O)OC. The first-order chi connectivity index (χ1) is 7.22. The molecule has 0 saturated carbocycles. The van der Waals surface area contributed by atoms with E-state index in [4.69, 9.17) is 16.6 Å². The van der Waals surface area contributed by atoms with Crippen LogP contribution in [-0.4, -0.2) is 24.4 Å². The molecular weight excluding hydrogens is 218 g/mol. The lowest BCUT2D eigenvalue weighted by Gasteiger charge is -2.11. The lowest BCUT2D eigenvalue weighted by molar-refractivity contribution is -0.0686. The molecule has 4 nitrogen and oxygen atoms in total. The Kier molecular flexibility index (Phi) is 9.73. The molecule has 0 radical (unpaired) electrons. The summed E-state index contributed by atoms with van der Waals surface area (Å²) in [5, 5.41) is 0. The Bertz CT molecular complexity index is 167. The molecule has 0 heterocycles. The van der Waals surface area contributed by atoms with Gasteiger partial charge in [0, 0.05) is 11.8 Å². The molecule has 90 valence electrons. The van der Waals surface area contributed by atoms with Gasteiger partial charge < -0.3 is 4.74 Å². The van der Waals surface area contributed by atoms with Gasteiger partial charge in [-0.3, -0.25) is 4.84 Å². The zero-order valence-electron chi connectivity index (χ0n) is 9.50. The third kappa shape index (κ3) is 8.51. The van der Waals surface area contributed by atoms with E-state index in [1.165, 1.54) is 32.8 Å². The maximum Gasteiger partial charge on any atom is 0.449 e. The number of amides is 1. The fraction of sp³-hybridized carbons (Fsp3) is 0.900. The molecule has 15 heavy (non-hydrogen) atoms. The van der Waals surface area contributed by atoms with Crippen molar-refractivity contribution in [2.75, 3.05) is 13.7 Å². The molecule has 1 amide bonds. The number of rotatable bonds is 8. The highest BCUT2D eigenvalue weighted by Crippen LogP contribution is 2.06. The van der Waals surface area contributed by atoms with Gasteiger partial charge in [0.15, 0.2) is 0 Å². The summed E-state index contributed by atoms with van der Waals surface area (Å²) in [5.41, 5.74) is 0. The largest absolute Gasteiger partial charge is 0.450 e. The first-order valence-corrected chi connectivity index (χ1v) is 5.73. The standard InChI is InChI=1S/C10H20ClNO3/c1-3-4-5-6-7-8-9-15-12(11)10(13)14-2/h3-9H2,1-2H3. The summed E-state index contributed by atoms with van der Waals surface area (Å²) < 4.78 is 4.96. The number of unbranched alkanes of at least 4 members (excludes halogenated alkanes) is 5. The van der Waals surface area contributed by atoms with Crippen molar-refractivity contribution in [1.82, 2.24) is 4.58 Å². The molecule has 0 aromatic carbocycles. The average Bonchev–Trinajstić information content (AvgIpc) is 2.26. The van der Waals surface area contributed by atoms with Crippen molar-refractivity contribution in [1.29, 1.82) is 0 Å². The predicted octanol–water partition coefficient (Wildman–Crippen LogP) is 3.50. The zero-order chi connectivity index (χ0) is 11.5. The van der Waals surface area contributed by atoms with Crippen LogP contribution in [0.2, 0.25) is 0 Å². The van der Waals surface area contributed by atoms with Crippen molar-refractivity contribution < 1.29 is 14.4 Å². The maximum atomic E-state index is 10.8. The predicted molar refractivity (Wildman–Crippen MR) is 59.4 cm³/mol. The number of nitrogens with zero attached hydrogens (tertiary/aromatic N) is 1. The van der Waals surface area contributed by atoms with Gasteiger partial charge in [-0.15, -0.1) is 0 Å². The van der Waals surface area contributed by atoms with Crippen LogP contribution >= 0.6 is 11.8 Å². The second-order valence-corrected chi connectivity index (χ2v) is 3.62. The minimum atomic E-state index is -0.692. The molecule has 0 fully saturated rings. The van der Waals surface area contributed by atoms with Gasteiger partial charge >= 0.3 is 6.09 Å². The average molecular weight is 238 g/mol. The van der Waals surface area contributed by atoms with E-state index in [1.807, 2.05) is 0 Å². The monoisotopic (exact) mass is 237 g/mol. The molecule has 0 aliphatic rings. The smallest absolute Gasteiger partial charge is 0.449 e. The van der Waals surface area contributed by atoms with Crippen LogP contribution in [0.25, 0.3) is 0 Å². The molecule has 0 N–H and O–H groups in total. The van der Waals surface area contributed by atoms with Crippen LogP contribution < -0.4 is 0 Å². The molecule has 0 spiro atoms. The Morgan fingerprint density at radius 1 is 1.20 bits per heavy atom. The molecule has 0 aromatic heterocycles. The topological polar surface area (TPSA) is 38.8 Å². The van der Waals surface area contributed by atoms with Crippen molar-refractivity contribution in [2.45, 2.75) is 45.4 Å². The lowest BCUT2D eigenvalue weighted by atomic mass is 10.1. The van der Waals surface area contributed by atoms with Crippen molar-refractivity contribution >= 4 is 17.9 Å².